The average Bonchev–Trinajstić information content (AvgIpc) is 3.08. The molecular formula is C36H45N5O6S. The van der Waals surface area contributed by atoms with Crippen LogP contribution >= 0.6 is 11.8 Å². The van der Waals surface area contributed by atoms with E-state index in [4.69, 9.17) is 9.47 Å². The maximum absolute atomic E-state index is 14.0. The number of aromatic nitrogens is 1. The summed E-state index contributed by atoms with van der Waals surface area (Å²) in [6.07, 6.45) is 3.57. The van der Waals surface area contributed by atoms with Crippen molar-refractivity contribution in [3.8, 4) is 11.5 Å². The van der Waals surface area contributed by atoms with E-state index in [9.17, 15) is 19.2 Å². The highest BCUT2D eigenvalue weighted by atomic mass is 32.2. The molecule has 2 atom stereocenters. The Morgan fingerprint density at radius 3 is 2.50 bits per heavy atom. The summed E-state index contributed by atoms with van der Waals surface area (Å²) >= 11 is 1.29. The molecule has 3 aromatic rings. The molecule has 2 heterocycles. The van der Waals surface area contributed by atoms with Gasteiger partial charge in [0.1, 0.15) is 17.5 Å². The van der Waals surface area contributed by atoms with Crippen molar-refractivity contribution < 1.29 is 28.7 Å². The number of ether oxygens (including phenoxy) is 2. The van der Waals surface area contributed by atoms with Crippen LogP contribution in [0.15, 0.2) is 71.9 Å². The Labute approximate surface area is 286 Å². The van der Waals surface area contributed by atoms with Gasteiger partial charge in [0.15, 0.2) is 0 Å². The molecule has 0 saturated carbocycles. The van der Waals surface area contributed by atoms with Gasteiger partial charge in [-0.15, -0.1) is 0 Å². The number of hydrogen-bond donors (Lipinski definition) is 3. The second-order valence-corrected chi connectivity index (χ2v) is 13.1. The minimum Gasteiger partial charge on any atom is -0.497 e. The average molecular weight is 676 g/mol. The van der Waals surface area contributed by atoms with Gasteiger partial charge in [0.05, 0.1) is 31.5 Å². The molecule has 2 aromatic carbocycles. The fraction of sp³-hybridized carbons (Fsp3) is 0.417. The van der Waals surface area contributed by atoms with Gasteiger partial charge in [-0.2, -0.15) is 0 Å². The monoisotopic (exact) mass is 675 g/mol. The van der Waals surface area contributed by atoms with E-state index in [1.807, 2.05) is 50.2 Å². The summed E-state index contributed by atoms with van der Waals surface area (Å²) in [6, 6.07) is 16.6. The molecule has 256 valence electrons. The molecule has 0 spiro atoms. The van der Waals surface area contributed by atoms with E-state index in [0.29, 0.717) is 47.9 Å². The Bertz CT molecular complexity index is 1540. The van der Waals surface area contributed by atoms with Gasteiger partial charge >= 0.3 is 0 Å². The van der Waals surface area contributed by atoms with Crippen LogP contribution in [0.1, 0.15) is 48.2 Å². The first kappa shape index (κ1) is 36.3. The lowest BCUT2D eigenvalue weighted by atomic mass is 10.0. The number of carbonyl (C=O) groups excluding carboxylic acids is 4. The molecule has 0 aliphatic carbocycles. The third kappa shape index (κ3) is 11.0. The summed E-state index contributed by atoms with van der Waals surface area (Å²) in [5.74, 6) is 0.242. The summed E-state index contributed by atoms with van der Waals surface area (Å²) in [5.41, 5.74) is 2.03. The van der Waals surface area contributed by atoms with Crippen LogP contribution in [0.25, 0.3) is 0 Å². The first-order valence-electron chi connectivity index (χ1n) is 16.1. The predicted octanol–water partition coefficient (Wildman–Crippen LogP) is 3.65. The molecule has 11 nitrogen and oxygen atoms in total. The number of rotatable bonds is 9. The van der Waals surface area contributed by atoms with Crippen molar-refractivity contribution in [2.75, 3.05) is 39.6 Å². The van der Waals surface area contributed by atoms with Gasteiger partial charge in [0, 0.05) is 37.3 Å². The number of benzene rings is 2. The number of nitrogens with one attached hydrogen (secondary N) is 3. The molecule has 4 amide bonds. The standard InChI is InChI=1S/C36H45N5O6S/c1-24(2)18-28-21-41(34(43)23-48-33-9-5-6-16-38-33)22-32(42)37-17-7-8-26-20-27(12-15-31(26)47-4)35(44)40-30(36(45)39-28)19-25-10-13-29(46-3)14-11-25/h5-6,9-16,20,24,28,30H,7-8,17-19,21-23H2,1-4H3,(H,37,42)(H,39,45)(H,40,44)/t28-,30-/m0/s1. The summed E-state index contributed by atoms with van der Waals surface area (Å²) in [5, 5.41) is 9.70. The van der Waals surface area contributed by atoms with Gasteiger partial charge in [-0.3, -0.25) is 19.2 Å². The lowest BCUT2D eigenvalue weighted by molar-refractivity contribution is -0.134. The molecule has 0 saturated heterocycles. The quantitative estimate of drug-likeness (QED) is 0.292. The molecule has 1 aliphatic rings. The second kappa shape index (κ2) is 18.1. The molecule has 0 fully saturated rings. The minimum atomic E-state index is -0.922. The van der Waals surface area contributed by atoms with Gasteiger partial charge in [-0.25, -0.2) is 4.98 Å². The number of pyridine rings is 1. The van der Waals surface area contributed by atoms with E-state index >= 15 is 0 Å². The predicted molar refractivity (Wildman–Crippen MR) is 185 cm³/mol. The smallest absolute Gasteiger partial charge is 0.251 e. The van der Waals surface area contributed by atoms with Gasteiger partial charge < -0.3 is 30.3 Å². The van der Waals surface area contributed by atoms with E-state index in [-0.39, 0.29) is 48.9 Å². The first-order chi connectivity index (χ1) is 23.1. The largest absolute Gasteiger partial charge is 0.497 e. The van der Waals surface area contributed by atoms with E-state index in [0.717, 1.165) is 11.1 Å². The van der Waals surface area contributed by atoms with Gasteiger partial charge in [0.25, 0.3) is 5.91 Å². The number of aryl methyl sites for hydroxylation is 1. The van der Waals surface area contributed by atoms with Crippen LogP contribution in [-0.4, -0.2) is 85.2 Å². The number of nitrogens with zero attached hydrogens (tertiary/aromatic N) is 2. The normalized spacial score (nSPS) is 17.9. The SMILES string of the molecule is COc1ccc(C[C@@H]2NC(=O)c3ccc(OC)c(c3)CCCNC(=O)CN(C(=O)CSc3ccccn3)C[C@H](CC(C)C)NC2=O)cc1. The van der Waals surface area contributed by atoms with E-state index < -0.39 is 18.0 Å². The molecule has 12 heteroatoms. The van der Waals surface area contributed by atoms with Crippen LogP contribution in [0.5, 0.6) is 11.5 Å². The Morgan fingerprint density at radius 2 is 1.81 bits per heavy atom. The van der Waals surface area contributed by atoms with Crippen LogP contribution < -0.4 is 25.4 Å². The number of fused-ring (bicyclic) bond motifs is 2. The van der Waals surface area contributed by atoms with Gasteiger partial charge in [-0.05, 0) is 78.8 Å². The Balaban J connectivity index is 1.65. The third-order valence-corrected chi connectivity index (χ3v) is 8.85. The summed E-state index contributed by atoms with van der Waals surface area (Å²) in [4.78, 5) is 60.2. The van der Waals surface area contributed by atoms with Gasteiger partial charge in [0.2, 0.25) is 17.7 Å². The molecule has 48 heavy (non-hydrogen) atoms. The van der Waals surface area contributed by atoms with Crippen molar-refractivity contribution in [1.29, 1.82) is 0 Å². The zero-order valence-corrected chi connectivity index (χ0v) is 28.8. The maximum atomic E-state index is 14.0. The topological polar surface area (TPSA) is 139 Å². The Morgan fingerprint density at radius 1 is 1.02 bits per heavy atom. The van der Waals surface area contributed by atoms with E-state index in [1.54, 1.807) is 44.7 Å². The van der Waals surface area contributed by atoms with Crippen LogP contribution in [0.4, 0.5) is 0 Å². The van der Waals surface area contributed by atoms with E-state index in [2.05, 4.69) is 20.9 Å². The molecule has 0 radical (unpaired) electrons. The number of methoxy groups -OCH3 is 2. The first-order valence-corrected chi connectivity index (χ1v) is 17.1. The Hall–Kier alpha value is -4.58. The zero-order valence-electron chi connectivity index (χ0n) is 28.0. The number of hydrogen-bond acceptors (Lipinski definition) is 8. The number of carbonyl (C=O) groups is 4. The minimum absolute atomic E-state index is 0.0815. The highest BCUT2D eigenvalue weighted by Crippen LogP contribution is 2.22. The molecule has 4 rings (SSSR count). The van der Waals surface area contributed by atoms with Crippen molar-refractivity contribution in [3.63, 3.8) is 0 Å². The van der Waals surface area contributed by atoms with Crippen LogP contribution in [0, 0.1) is 5.92 Å². The highest BCUT2D eigenvalue weighted by Gasteiger charge is 2.28. The molecule has 0 unspecified atom stereocenters. The van der Waals surface area contributed by atoms with Crippen molar-refractivity contribution in [2.45, 2.75) is 56.6 Å². The van der Waals surface area contributed by atoms with Crippen molar-refractivity contribution in [3.05, 3.63) is 83.6 Å². The maximum Gasteiger partial charge on any atom is 0.251 e. The van der Waals surface area contributed by atoms with Crippen LogP contribution in [0.2, 0.25) is 0 Å². The number of amides is 4. The van der Waals surface area contributed by atoms with Crippen molar-refractivity contribution >= 4 is 35.4 Å². The van der Waals surface area contributed by atoms with Crippen molar-refractivity contribution in [2.24, 2.45) is 5.92 Å². The van der Waals surface area contributed by atoms with Crippen molar-refractivity contribution in [1.82, 2.24) is 25.8 Å². The molecular weight excluding hydrogens is 630 g/mol. The summed E-state index contributed by atoms with van der Waals surface area (Å²) < 4.78 is 10.8. The van der Waals surface area contributed by atoms with E-state index in [1.165, 1.54) is 16.7 Å². The fourth-order valence-corrected chi connectivity index (χ4v) is 6.29. The molecule has 1 aliphatic heterocycles. The van der Waals surface area contributed by atoms with Gasteiger partial charge in [-0.1, -0.05) is 43.8 Å². The summed E-state index contributed by atoms with van der Waals surface area (Å²) in [7, 11) is 3.15. The molecule has 1 aromatic heterocycles. The zero-order chi connectivity index (χ0) is 34.5. The lowest BCUT2D eigenvalue weighted by Crippen LogP contribution is -2.54. The molecule has 3 N–H and O–H groups in total. The van der Waals surface area contributed by atoms with Crippen LogP contribution in [-0.2, 0) is 27.2 Å². The van der Waals surface area contributed by atoms with Crippen LogP contribution in [0.3, 0.4) is 0 Å². The summed E-state index contributed by atoms with van der Waals surface area (Å²) in [6.45, 7) is 4.40. The second-order valence-electron chi connectivity index (χ2n) is 12.1. The fourth-order valence-electron chi connectivity index (χ4n) is 5.53. The highest BCUT2D eigenvalue weighted by molar-refractivity contribution is 7.99. The Kier molecular flexibility index (Phi) is 13.7. The number of thioether (sulfide) groups is 1. The lowest BCUT2D eigenvalue weighted by Gasteiger charge is -2.30. The third-order valence-electron chi connectivity index (χ3n) is 7.92. The molecule has 2 bridgehead atoms.